The number of hydrogen-bond donors (Lipinski definition) is 2. The van der Waals surface area contributed by atoms with Crippen molar-refractivity contribution in [2.45, 2.75) is 33.7 Å². The van der Waals surface area contributed by atoms with Gasteiger partial charge < -0.3 is 10.6 Å². The molecule has 1 aromatic heterocycles. The molecule has 0 saturated heterocycles. The summed E-state index contributed by atoms with van der Waals surface area (Å²) in [6, 6.07) is 7.66. The highest BCUT2D eigenvalue weighted by molar-refractivity contribution is 6.30. The number of aromatic nitrogens is 2. The molecule has 0 fully saturated rings. The van der Waals surface area contributed by atoms with Gasteiger partial charge in [-0.1, -0.05) is 30.7 Å². The number of rotatable bonds is 8. The highest BCUT2D eigenvalue weighted by Crippen LogP contribution is 2.16. The molecule has 0 spiro atoms. The summed E-state index contributed by atoms with van der Waals surface area (Å²) in [4.78, 5) is 12.4. The highest BCUT2D eigenvalue weighted by atomic mass is 35.5. The number of nitrogens with zero attached hydrogens (tertiary/aromatic N) is 2. The lowest BCUT2D eigenvalue weighted by molar-refractivity contribution is 0.0952. The summed E-state index contributed by atoms with van der Waals surface area (Å²) in [5, 5.41) is 11.4. The Morgan fingerprint density at radius 1 is 1.17 bits per heavy atom. The quantitative estimate of drug-likeness (QED) is 0.721. The maximum atomic E-state index is 12.4. The molecule has 5 nitrogen and oxygen atoms in total. The second-order valence-corrected chi connectivity index (χ2v) is 6.27. The van der Waals surface area contributed by atoms with E-state index in [4.69, 9.17) is 11.6 Å². The van der Waals surface area contributed by atoms with Crippen LogP contribution in [0.4, 0.5) is 0 Å². The second-order valence-electron chi connectivity index (χ2n) is 5.84. The van der Waals surface area contributed by atoms with Crippen LogP contribution in [0.5, 0.6) is 0 Å². The van der Waals surface area contributed by atoms with Gasteiger partial charge in [0.15, 0.2) is 0 Å². The molecule has 0 aliphatic carbocycles. The molecule has 0 atom stereocenters. The Bertz CT molecular complexity index is 679. The zero-order valence-corrected chi connectivity index (χ0v) is 15.3. The first-order valence-corrected chi connectivity index (χ1v) is 8.68. The molecule has 0 aliphatic heterocycles. The topological polar surface area (TPSA) is 58.9 Å². The molecular formula is C18H25ClN4O. The van der Waals surface area contributed by atoms with Crippen LogP contribution in [0.3, 0.4) is 0 Å². The zero-order valence-electron chi connectivity index (χ0n) is 14.5. The van der Waals surface area contributed by atoms with Crippen LogP contribution >= 0.6 is 11.6 Å². The minimum absolute atomic E-state index is 0.0642. The molecule has 0 unspecified atom stereocenters. The van der Waals surface area contributed by atoms with Crippen LogP contribution in [0.15, 0.2) is 24.3 Å². The third-order valence-electron chi connectivity index (χ3n) is 3.87. The summed E-state index contributed by atoms with van der Waals surface area (Å²) >= 11 is 5.92. The summed E-state index contributed by atoms with van der Waals surface area (Å²) in [5.74, 6) is -0.0642. The molecule has 24 heavy (non-hydrogen) atoms. The summed E-state index contributed by atoms with van der Waals surface area (Å²) in [6.45, 7) is 8.89. The number of amides is 1. The lowest BCUT2D eigenvalue weighted by Crippen LogP contribution is -2.32. The van der Waals surface area contributed by atoms with E-state index < -0.39 is 0 Å². The Labute approximate surface area is 148 Å². The predicted molar refractivity (Wildman–Crippen MR) is 97.7 cm³/mol. The SMILES string of the molecule is CCCNCCNC(=O)c1c(C)nn(Cc2ccc(Cl)cc2)c1C. The molecule has 1 heterocycles. The number of carbonyl (C=O) groups excluding carboxylic acids is 1. The Morgan fingerprint density at radius 3 is 2.54 bits per heavy atom. The largest absolute Gasteiger partial charge is 0.351 e. The predicted octanol–water partition coefficient (Wildman–Crippen LogP) is 2.93. The summed E-state index contributed by atoms with van der Waals surface area (Å²) in [6.07, 6.45) is 1.09. The second kappa shape index (κ2) is 8.85. The van der Waals surface area contributed by atoms with E-state index >= 15 is 0 Å². The lowest BCUT2D eigenvalue weighted by atomic mass is 10.1. The molecule has 0 aliphatic rings. The van der Waals surface area contributed by atoms with Gasteiger partial charge in [0.25, 0.3) is 5.91 Å². The summed E-state index contributed by atoms with van der Waals surface area (Å²) < 4.78 is 1.86. The van der Waals surface area contributed by atoms with Gasteiger partial charge in [0.1, 0.15) is 0 Å². The van der Waals surface area contributed by atoms with E-state index in [1.165, 1.54) is 0 Å². The molecule has 1 aromatic carbocycles. The van der Waals surface area contributed by atoms with Crippen molar-refractivity contribution >= 4 is 17.5 Å². The standard InChI is InChI=1S/C18H25ClN4O/c1-4-9-20-10-11-21-18(24)17-13(2)22-23(14(17)3)12-15-5-7-16(19)8-6-15/h5-8,20H,4,9-12H2,1-3H3,(H,21,24). The van der Waals surface area contributed by atoms with Gasteiger partial charge in [-0.15, -0.1) is 0 Å². The molecule has 2 aromatic rings. The Morgan fingerprint density at radius 2 is 1.88 bits per heavy atom. The Kier molecular flexibility index (Phi) is 6.82. The summed E-state index contributed by atoms with van der Waals surface area (Å²) in [5.41, 5.74) is 3.39. The van der Waals surface area contributed by atoms with Crippen molar-refractivity contribution < 1.29 is 4.79 Å². The normalized spacial score (nSPS) is 10.8. The van der Waals surface area contributed by atoms with Gasteiger partial charge in [-0.25, -0.2) is 0 Å². The Hall–Kier alpha value is -1.85. The highest BCUT2D eigenvalue weighted by Gasteiger charge is 2.18. The molecule has 2 N–H and O–H groups in total. The average molecular weight is 349 g/mol. The van der Waals surface area contributed by atoms with Gasteiger partial charge in [0.2, 0.25) is 0 Å². The third-order valence-corrected chi connectivity index (χ3v) is 4.12. The molecule has 0 bridgehead atoms. The third kappa shape index (κ3) is 4.82. The van der Waals surface area contributed by atoms with Crippen molar-refractivity contribution in [3.05, 3.63) is 51.8 Å². The van der Waals surface area contributed by atoms with E-state index in [1.807, 2.05) is 42.8 Å². The van der Waals surface area contributed by atoms with Crippen LogP contribution in [0.25, 0.3) is 0 Å². The molecule has 1 amide bonds. The maximum Gasteiger partial charge on any atom is 0.255 e. The van der Waals surface area contributed by atoms with E-state index in [0.29, 0.717) is 23.7 Å². The van der Waals surface area contributed by atoms with Crippen LogP contribution < -0.4 is 10.6 Å². The van der Waals surface area contributed by atoms with Crippen molar-refractivity contribution in [3.8, 4) is 0 Å². The number of nitrogens with one attached hydrogen (secondary N) is 2. The zero-order chi connectivity index (χ0) is 17.5. The van der Waals surface area contributed by atoms with E-state index in [2.05, 4.69) is 22.7 Å². The minimum Gasteiger partial charge on any atom is -0.351 e. The number of halogens is 1. The number of carbonyl (C=O) groups is 1. The smallest absolute Gasteiger partial charge is 0.255 e. The number of benzene rings is 1. The fourth-order valence-electron chi connectivity index (χ4n) is 2.60. The van der Waals surface area contributed by atoms with Crippen molar-refractivity contribution in [1.82, 2.24) is 20.4 Å². The maximum absolute atomic E-state index is 12.4. The first-order chi connectivity index (χ1) is 11.5. The fourth-order valence-corrected chi connectivity index (χ4v) is 2.72. The summed E-state index contributed by atoms with van der Waals surface area (Å²) in [7, 11) is 0. The molecule has 6 heteroatoms. The van der Waals surface area contributed by atoms with Crippen molar-refractivity contribution in [1.29, 1.82) is 0 Å². The van der Waals surface area contributed by atoms with E-state index in [-0.39, 0.29) is 5.91 Å². The lowest BCUT2D eigenvalue weighted by Gasteiger charge is -2.08. The van der Waals surface area contributed by atoms with Gasteiger partial charge >= 0.3 is 0 Å². The van der Waals surface area contributed by atoms with Crippen molar-refractivity contribution in [3.63, 3.8) is 0 Å². The van der Waals surface area contributed by atoms with Gasteiger partial charge in [0.05, 0.1) is 17.8 Å². The molecule has 0 radical (unpaired) electrons. The van der Waals surface area contributed by atoms with Gasteiger partial charge in [-0.05, 0) is 44.5 Å². The first-order valence-electron chi connectivity index (χ1n) is 8.30. The van der Waals surface area contributed by atoms with E-state index in [1.54, 1.807) is 0 Å². The molecular weight excluding hydrogens is 324 g/mol. The monoisotopic (exact) mass is 348 g/mol. The van der Waals surface area contributed by atoms with Crippen LogP contribution in [-0.2, 0) is 6.54 Å². The first kappa shape index (κ1) is 18.5. The van der Waals surface area contributed by atoms with Gasteiger partial charge in [-0.3, -0.25) is 9.48 Å². The van der Waals surface area contributed by atoms with E-state index in [9.17, 15) is 4.79 Å². The van der Waals surface area contributed by atoms with E-state index in [0.717, 1.165) is 36.5 Å². The van der Waals surface area contributed by atoms with Crippen LogP contribution in [0.1, 0.15) is 40.7 Å². The van der Waals surface area contributed by atoms with Gasteiger partial charge in [0, 0.05) is 23.8 Å². The van der Waals surface area contributed by atoms with Crippen LogP contribution in [-0.4, -0.2) is 35.3 Å². The minimum atomic E-state index is -0.0642. The van der Waals surface area contributed by atoms with Crippen molar-refractivity contribution in [2.75, 3.05) is 19.6 Å². The van der Waals surface area contributed by atoms with Crippen LogP contribution in [0.2, 0.25) is 5.02 Å². The molecule has 2 rings (SSSR count). The van der Waals surface area contributed by atoms with Crippen molar-refractivity contribution in [2.24, 2.45) is 0 Å². The number of aryl methyl sites for hydroxylation is 1. The van der Waals surface area contributed by atoms with Gasteiger partial charge in [-0.2, -0.15) is 5.10 Å². The Balaban J connectivity index is 2.02. The molecule has 0 saturated carbocycles. The number of hydrogen-bond acceptors (Lipinski definition) is 3. The average Bonchev–Trinajstić information content (AvgIpc) is 2.83. The molecule has 130 valence electrons. The van der Waals surface area contributed by atoms with Crippen LogP contribution in [0, 0.1) is 13.8 Å². The fraction of sp³-hybridized carbons (Fsp3) is 0.444.